The molecule has 24 heavy (non-hydrogen) atoms. The van der Waals surface area contributed by atoms with Crippen LogP contribution in [0.25, 0.3) is 10.6 Å². The Hall–Kier alpha value is -2.45. The highest BCUT2D eigenvalue weighted by atomic mass is 35.5. The third-order valence-corrected chi connectivity index (χ3v) is 4.30. The molecule has 0 atom stereocenters. The van der Waals surface area contributed by atoms with Crippen LogP contribution in [0.4, 0.5) is 4.79 Å². The van der Waals surface area contributed by atoms with Crippen molar-refractivity contribution in [3.63, 3.8) is 0 Å². The van der Waals surface area contributed by atoms with Crippen LogP contribution in [0.5, 0.6) is 0 Å². The summed E-state index contributed by atoms with van der Waals surface area (Å²) in [5.74, 6) is -1.36. The summed E-state index contributed by atoms with van der Waals surface area (Å²) in [5.41, 5.74) is 0.870. The van der Waals surface area contributed by atoms with E-state index in [-0.39, 0.29) is 18.8 Å². The monoisotopic (exact) mass is 366 g/mol. The lowest BCUT2D eigenvalue weighted by atomic mass is 10.2. The first-order valence-electron chi connectivity index (χ1n) is 6.90. The molecule has 0 saturated carbocycles. The number of thiazole rings is 1. The second kappa shape index (κ2) is 6.98. The Kier molecular flexibility index (Phi) is 4.77. The van der Waals surface area contributed by atoms with E-state index in [1.165, 1.54) is 16.7 Å². The molecule has 2 amide bonds. The highest BCUT2D eigenvalue weighted by Crippen LogP contribution is 2.26. The molecule has 1 fully saturated rings. The molecule has 1 aromatic carbocycles. The van der Waals surface area contributed by atoms with Gasteiger partial charge in [0.2, 0.25) is 0 Å². The largest absolute Gasteiger partial charge is 0.451 e. The minimum atomic E-state index is -0.736. The lowest BCUT2D eigenvalue weighted by Gasteiger charge is -2.10. The molecule has 0 radical (unpaired) electrons. The molecule has 2 heterocycles. The summed E-state index contributed by atoms with van der Waals surface area (Å²) in [6, 6.07) is 7.08. The highest BCUT2D eigenvalue weighted by Gasteiger charge is 2.29. The molecule has 1 saturated heterocycles. The van der Waals surface area contributed by atoms with E-state index in [4.69, 9.17) is 16.3 Å². The minimum Gasteiger partial charge on any atom is -0.451 e. The second-order valence-electron chi connectivity index (χ2n) is 4.78. The quantitative estimate of drug-likeness (QED) is 0.773. The molecular weight excluding hydrogens is 356 g/mol. The predicted molar refractivity (Wildman–Crippen MR) is 85.9 cm³/mol. The number of halogens is 1. The third kappa shape index (κ3) is 3.55. The Bertz CT molecular complexity index is 807. The van der Waals surface area contributed by atoms with Crippen molar-refractivity contribution >= 4 is 40.9 Å². The van der Waals surface area contributed by atoms with Crippen molar-refractivity contribution in [2.75, 3.05) is 19.8 Å². The fraction of sp³-hybridized carbons (Fsp3) is 0.200. The molecule has 1 aliphatic rings. The molecule has 1 aliphatic heterocycles. The average molecular weight is 367 g/mol. The van der Waals surface area contributed by atoms with Crippen molar-refractivity contribution in [3.8, 4) is 10.6 Å². The Morgan fingerprint density at radius 1 is 1.42 bits per heavy atom. The fourth-order valence-corrected chi connectivity index (χ4v) is 3.00. The van der Waals surface area contributed by atoms with Gasteiger partial charge in [0, 0.05) is 16.0 Å². The number of amides is 2. The zero-order valence-corrected chi connectivity index (χ0v) is 13.8. The molecule has 0 bridgehead atoms. The van der Waals surface area contributed by atoms with E-state index in [9.17, 15) is 14.4 Å². The molecule has 1 aromatic heterocycles. The summed E-state index contributed by atoms with van der Waals surface area (Å²) in [5, 5.41) is 2.71. The molecule has 3 rings (SSSR count). The van der Waals surface area contributed by atoms with Crippen LogP contribution in [-0.4, -0.2) is 47.6 Å². The van der Waals surface area contributed by atoms with Gasteiger partial charge in [-0.25, -0.2) is 19.5 Å². The van der Waals surface area contributed by atoms with Crippen molar-refractivity contribution in [1.29, 1.82) is 0 Å². The van der Waals surface area contributed by atoms with Crippen molar-refractivity contribution in [2.45, 2.75) is 0 Å². The van der Waals surface area contributed by atoms with Gasteiger partial charge in [-0.1, -0.05) is 23.7 Å². The SMILES string of the molecule is O=C(OCC(=O)N1CCOC1=O)c1csc(-c2cccc(Cl)c2)n1. The predicted octanol–water partition coefficient (Wildman–Crippen LogP) is 2.60. The Morgan fingerprint density at radius 2 is 2.25 bits per heavy atom. The van der Waals surface area contributed by atoms with Gasteiger partial charge in [-0.3, -0.25) is 4.79 Å². The minimum absolute atomic E-state index is 0.0896. The zero-order valence-electron chi connectivity index (χ0n) is 12.2. The third-order valence-electron chi connectivity index (χ3n) is 3.17. The highest BCUT2D eigenvalue weighted by molar-refractivity contribution is 7.13. The summed E-state index contributed by atoms with van der Waals surface area (Å²) in [6.45, 7) is -0.240. The van der Waals surface area contributed by atoms with E-state index < -0.39 is 24.6 Å². The van der Waals surface area contributed by atoms with Gasteiger partial charge in [-0.05, 0) is 12.1 Å². The van der Waals surface area contributed by atoms with E-state index in [2.05, 4.69) is 9.72 Å². The maximum Gasteiger partial charge on any atom is 0.416 e. The van der Waals surface area contributed by atoms with Crippen LogP contribution in [0.15, 0.2) is 29.6 Å². The van der Waals surface area contributed by atoms with Gasteiger partial charge in [-0.15, -0.1) is 11.3 Å². The number of cyclic esters (lactones) is 1. The zero-order chi connectivity index (χ0) is 17.1. The normalized spacial score (nSPS) is 13.7. The van der Waals surface area contributed by atoms with Gasteiger partial charge in [-0.2, -0.15) is 0 Å². The first kappa shape index (κ1) is 16.4. The molecule has 124 valence electrons. The standard InChI is InChI=1S/C15H11ClN2O5S/c16-10-3-1-2-9(6-10)13-17-11(8-24-13)14(20)23-7-12(19)18-4-5-22-15(18)21/h1-3,6,8H,4-5,7H2. The topological polar surface area (TPSA) is 85.8 Å². The van der Waals surface area contributed by atoms with Crippen LogP contribution in [0, 0.1) is 0 Å². The molecule has 0 spiro atoms. The number of nitrogens with zero attached hydrogens (tertiary/aromatic N) is 2. The number of hydrogen-bond acceptors (Lipinski definition) is 7. The molecule has 2 aromatic rings. The maximum atomic E-state index is 12.0. The molecule has 0 unspecified atom stereocenters. The molecule has 0 N–H and O–H groups in total. The summed E-state index contributed by atoms with van der Waals surface area (Å²) in [6.07, 6.45) is -0.729. The van der Waals surface area contributed by atoms with Crippen molar-refractivity contribution in [1.82, 2.24) is 9.88 Å². The number of hydrogen-bond donors (Lipinski definition) is 0. The first-order chi connectivity index (χ1) is 11.5. The van der Waals surface area contributed by atoms with E-state index in [1.807, 2.05) is 6.07 Å². The lowest BCUT2D eigenvalue weighted by Crippen LogP contribution is -2.35. The number of imide groups is 1. The summed E-state index contributed by atoms with van der Waals surface area (Å²) < 4.78 is 9.55. The van der Waals surface area contributed by atoms with Gasteiger partial charge in [0.1, 0.15) is 11.6 Å². The molecule has 9 heteroatoms. The number of aromatic nitrogens is 1. The fourth-order valence-electron chi connectivity index (χ4n) is 2.02. The number of esters is 1. The lowest BCUT2D eigenvalue weighted by molar-refractivity contribution is -0.131. The number of benzene rings is 1. The first-order valence-corrected chi connectivity index (χ1v) is 8.16. The van der Waals surface area contributed by atoms with E-state index in [0.717, 1.165) is 10.5 Å². The Morgan fingerprint density at radius 3 is 2.96 bits per heavy atom. The number of ether oxygens (including phenoxy) is 2. The van der Waals surface area contributed by atoms with Gasteiger partial charge in [0.25, 0.3) is 5.91 Å². The second-order valence-corrected chi connectivity index (χ2v) is 6.08. The van der Waals surface area contributed by atoms with E-state index in [1.54, 1.807) is 18.2 Å². The van der Waals surface area contributed by atoms with Crippen LogP contribution < -0.4 is 0 Å². The van der Waals surface area contributed by atoms with Crippen LogP contribution in [-0.2, 0) is 14.3 Å². The van der Waals surface area contributed by atoms with Gasteiger partial charge >= 0.3 is 12.1 Å². The van der Waals surface area contributed by atoms with Crippen LogP contribution >= 0.6 is 22.9 Å². The average Bonchev–Trinajstić information content (AvgIpc) is 3.21. The van der Waals surface area contributed by atoms with Crippen molar-refractivity contribution in [3.05, 3.63) is 40.4 Å². The van der Waals surface area contributed by atoms with Crippen LogP contribution in [0.1, 0.15) is 10.5 Å². The van der Waals surface area contributed by atoms with Crippen molar-refractivity contribution in [2.24, 2.45) is 0 Å². The van der Waals surface area contributed by atoms with Crippen LogP contribution in [0.3, 0.4) is 0 Å². The Balaban J connectivity index is 1.62. The Labute approximate surface area is 145 Å². The smallest absolute Gasteiger partial charge is 0.416 e. The van der Waals surface area contributed by atoms with Crippen LogP contribution in [0.2, 0.25) is 5.02 Å². The molecule has 0 aliphatic carbocycles. The van der Waals surface area contributed by atoms with Gasteiger partial charge in [0.15, 0.2) is 12.3 Å². The summed E-state index contributed by atoms with van der Waals surface area (Å²) >= 11 is 7.19. The molecule has 7 nitrogen and oxygen atoms in total. The summed E-state index contributed by atoms with van der Waals surface area (Å²) in [7, 11) is 0. The summed E-state index contributed by atoms with van der Waals surface area (Å²) in [4.78, 5) is 40.1. The molecular formula is C15H11ClN2O5S. The number of carbonyl (C=O) groups is 3. The van der Waals surface area contributed by atoms with Gasteiger partial charge < -0.3 is 9.47 Å². The van der Waals surface area contributed by atoms with E-state index in [0.29, 0.717) is 10.0 Å². The van der Waals surface area contributed by atoms with E-state index >= 15 is 0 Å². The van der Waals surface area contributed by atoms with Gasteiger partial charge in [0.05, 0.1) is 6.54 Å². The maximum absolute atomic E-state index is 12.0. The number of carbonyl (C=O) groups excluding carboxylic acids is 3. The number of rotatable bonds is 4. The van der Waals surface area contributed by atoms with Crippen molar-refractivity contribution < 1.29 is 23.9 Å².